The number of unbranched alkanes of at least 4 members (excludes halogenated alkanes) is 1. The van der Waals surface area contributed by atoms with Crippen molar-refractivity contribution in [3.63, 3.8) is 0 Å². The normalized spacial score (nSPS) is 20.0. The summed E-state index contributed by atoms with van der Waals surface area (Å²) in [6, 6.07) is 3.96. The Morgan fingerprint density at radius 1 is 1.12 bits per heavy atom. The molecular weight excluding hydrogens is 611 g/mol. The zero-order valence-corrected chi connectivity index (χ0v) is 28.8. The number of carbonyl (C=O) groups is 3. The van der Waals surface area contributed by atoms with E-state index >= 15 is 4.39 Å². The molecule has 1 aromatic heterocycles. The molecule has 260 valence electrons. The third kappa shape index (κ3) is 7.98. The number of aliphatic carboxylic acids is 1. The third-order valence-electron chi connectivity index (χ3n) is 10.4. The number of fused-ring (bicyclic) bond motifs is 1. The Kier molecular flexibility index (Phi) is 11.7. The van der Waals surface area contributed by atoms with Gasteiger partial charge in [-0.15, -0.1) is 0 Å². The minimum atomic E-state index is -0.965. The van der Waals surface area contributed by atoms with Crippen molar-refractivity contribution in [3.05, 3.63) is 41.9 Å². The van der Waals surface area contributed by atoms with E-state index in [4.69, 9.17) is 4.98 Å². The second kappa shape index (κ2) is 15.9. The number of nitrogens with zero attached hydrogens (tertiary/aromatic N) is 4. The van der Waals surface area contributed by atoms with Crippen LogP contribution in [-0.2, 0) is 14.4 Å². The van der Waals surface area contributed by atoms with Crippen molar-refractivity contribution in [1.82, 2.24) is 15.3 Å². The average molecular weight is 663 g/mol. The van der Waals surface area contributed by atoms with Crippen LogP contribution in [0.15, 0.2) is 30.5 Å². The van der Waals surface area contributed by atoms with Gasteiger partial charge in [0.15, 0.2) is 5.82 Å². The van der Waals surface area contributed by atoms with E-state index in [-0.39, 0.29) is 53.8 Å². The first-order chi connectivity index (χ1) is 23.1. The molecule has 0 bridgehead atoms. The van der Waals surface area contributed by atoms with Crippen LogP contribution in [0.3, 0.4) is 0 Å². The monoisotopic (exact) mass is 662 g/mol. The summed E-state index contributed by atoms with van der Waals surface area (Å²) < 4.78 is 15.2. The first-order valence-electron chi connectivity index (χ1n) is 17.8. The van der Waals surface area contributed by atoms with Crippen molar-refractivity contribution in [3.8, 4) is 0 Å². The number of hydrogen-bond acceptors (Lipinski definition) is 7. The van der Waals surface area contributed by atoms with Crippen molar-refractivity contribution in [2.75, 3.05) is 22.2 Å². The number of rotatable bonds is 14. The Hall–Kier alpha value is -4.02. The molecule has 0 saturated heterocycles. The number of nitrogens with one attached hydrogen (secondary N) is 2. The number of anilines is 4. The molecule has 11 heteroatoms. The second-order valence-corrected chi connectivity index (χ2v) is 14.0. The van der Waals surface area contributed by atoms with E-state index in [0.717, 1.165) is 51.4 Å². The molecule has 5 rings (SSSR count). The Labute approximate surface area is 283 Å². The maximum Gasteiger partial charge on any atom is 0.326 e. The van der Waals surface area contributed by atoms with Crippen LogP contribution in [-0.4, -0.2) is 58.0 Å². The number of carboxylic acid groups (broad SMARTS) is 1. The van der Waals surface area contributed by atoms with E-state index < -0.39 is 17.8 Å². The summed E-state index contributed by atoms with van der Waals surface area (Å²) in [4.78, 5) is 50.9. The molecule has 2 amide bonds. The fourth-order valence-corrected chi connectivity index (χ4v) is 8.01. The van der Waals surface area contributed by atoms with Crippen LogP contribution in [0.2, 0.25) is 0 Å². The van der Waals surface area contributed by atoms with Gasteiger partial charge in [0.2, 0.25) is 17.8 Å². The highest BCUT2D eigenvalue weighted by molar-refractivity contribution is 6.04. The van der Waals surface area contributed by atoms with Crippen LogP contribution in [0.1, 0.15) is 103 Å². The molecule has 3 N–H and O–H groups in total. The Morgan fingerprint density at radius 3 is 2.48 bits per heavy atom. The average Bonchev–Trinajstić information content (AvgIpc) is 3.79. The quantitative estimate of drug-likeness (QED) is 0.183. The standard InChI is InChI=1S/C37H51FN6O4/c1-5-29-35(46)43(4)30-22-39-37(42-34(30)44(29)26-16-11-12-17-26)40-28-20-19-24(21-27(28)38)13-7-6-8-18-31(45)41-33(36(47)48)32(23(2)3)25-14-9-10-15-25/h7,13,19-23,25-26,29,32-33H,5-6,8-12,14-18H2,1-4H3,(H,41,45)(H,47,48)(H,39,40,42)/t29-,32?,33+/m1/s1. The number of halogens is 1. The number of allylic oxidation sites excluding steroid dienone is 1. The smallest absolute Gasteiger partial charge is 0.326 e. The SMILES string of the molecule is CC[C@@H]1C(=O)N(C)c2cnc(Nc3ccc(C=CCCCC(=O)N[C@H](C(=O)O)C(C(C)C)C4CCCC4)cc3F)nc2N1C1CCCC1. The molecule has 1 aromatic carbocycles. The molecule has 2 saturated carbocycles. The zero-order chi connectivity index (χ0) is 34.4. The molecule has 1 aliphatic heterocycles. The lowest BCUT2D eigenvalue weighted by molar-refractivity contribution is -0.145. The summed E-state index contributed by atoms with van der Waals surface area (Å²) >= 11 is 0. The lowest BCUT2D eigenvalue weighted by Gasteiger charge is -2.43. The van der Waals surface area contributed by atoms with E-state index in [9.17, 15) is 19.5 Å². The molecule has 2 fully saturated rings. The van der Waals surface area contributed by atoms with Crippen molar-refractivity contribution in [2.24, 2.45) is 17.8 Å². The van der Waals surface area contributed by atoms with Crippen LogP contribution < -0.4 is 20.4 Å². The predicted molar refractivity (Wildman–Crippen MR) is 187 cm³/mol. The van der Waals surface area contributed by atoms with Crippen LogP contribution >= 0.6 is 0 Å². The van der Waals surface area contributed by atoms with E-state index in [0.29, 0.717) is 42.2 Å². The maximum absolute atomic E-state index is 15.2. The molecule has 3 aliphatic rings. The van der Waals surface area contributed by atoms with Gasteiger partial charge in [0.1, 0.15) is 23.6 Å². The maximum atomic E-state index is 15.2. The molecule has 2 aliphatic carbocycles. The topological polar surface area (TPSA) is 128 Å². The van der Waals surface area contributed by atoms with Gasteiger partial charge < -0.3 is 25.5 Å². The zero-order valence-electron chi connectivity index (χ0n) is 28.8. The summed E-state index contributed by atoms with van der Waals surface area (Å²) in [5.74, 6) is -0.237. The van der Waals surface area contributed by atoms with Gasteiger partial charge in [-0.25, -0.2) is 14.2 Å². The number of likely N-dealkylation sites (N-methyl/N-ethyl adjacent to an activating group) is 1. The number of benzene rings is 1. The molecule has 0 spiro atoms. The lowest BCUT2D eigenvalue weighted by Crippen LogP contribution is -2.55. The molecule has 10 nitrogen and oxygen atoms in total. The number of aromatic nitrogens is 2. The molecule has 2 aromatic rings. The van der Waals surface area contributed by atoms with Crippen LogP contribution in [0.25, 0.3) is 6.08 Å². The molecule has 3 atom stereocenters. The highest BCUT2D eigenvalue weighted by Crippen LogP contribution is 2.40. The van der Waals surface area contributed by atoms with Gasteiger partial charge in [-0.2, -0.15) is 4.98 Å². The van der Waals surface area contributed by atoms with Gasteiger partial charge in [-0.05, 0) is 67.6 Å². The molecule has 1 unspecified atom stereocenters. The predicted octanol–water partition coefficient (Wildman–Crippen LogP) is 7.08. The van der Waals surface area contributed by atoms with Crippen molar-refractivity contribution < 1.29 is 23.9 Å². The Balaban J connectivity index is 1.17. The van der Waals surface area contributed by atoms with Crippen molar-refractivity contribution in [1.29, 1.82) is 0 Å². The second-order valence-electron chi connectivity index (χ2n) is 14.0. The summed E-state index contributed by atoms with van der Waals surface area (Å²) in [5, 5.41) is 15.8. The fourth-order valence-electron chi connectivity index (χ4n) is 8.01. The summed E-state index contributed by atoms with van der Waals surface area (Å²) in [7, 11) is 1.75. The molecule has 48 heavy (non-hydrogen) atoms. The van der Waals surface area contributed by atoms with E-state index in [1.807, 2.05) is 32.9 Å². The van der Waals surface area contributed by atoms with Gasteiger partial charge in [0, 0.05) is 19.5 Å². The highest BCUT2D eigenvalue weighted by Gasteiger charge is 2.41. The largest absolute Gasteiger partial charge is 0.480 e. The van der Waals surface area contributed by atoms with Crippen molar-refractivity contribution >= 4 is 47.0 Å². The third-order valence-corrected chi connectivity index (χ3v) is 10.4. The van der Waals surface area contributed by atoms with Gasteiger partial charge in [0.25, 0.3) is 0 Å². The number of carbonyl (C=O) groups excluding carboxylic acids is 2. The summed E-state index contributed by atoms with van der Waals surface area (Å²) in [6.45, 7) is 6.10. The van der Waals surface area contributed by atoms with E-state index in [1.54, 1.807) is 30.3 Å². The first kappa shape index (κ1) is 35.3. The summed E-state index contributed by atoms with van der Waals surface area (Å²) in [6.07, 6.45) is 15.9. The number of hydrogen-bond donors (Lipinski definition) is 3. The van der Waals surface area contributed by atoms with Crippen LogP contribution in [0.5, 0.6) is 0 Å². The van der Waals surface area contributed by atoms with E-state index in [2.05, 4.69) is 20.5 Å². The number of carboxylic acids is 1. The number of amides is 2. The van der Waals surface area contributed by atoms with Crippen LogP contribution in [0.4, 0.5) is 27.5 Å². The van der Waals surface area contributed by atoms with E-state index in [1.165, 1.54) is 6.07 Å². The summed E-state index contributed by atoms with van der Waals surface area (Å²) in [5.41, 5.74) is 1.58. The lowest BCUT2D eigenvalue weighted by atomic mass is 9.77. The Morgan fingerprint density at radius 2 is 1.83 bits per heavy atom. The first-order valence-corrected chi connectivity index (χ1v) is 17.8. The van der Waals surface area contributed by atoms with Crippen molar-refractivity contribution in [2.45, 2.75) is 116 Å². The molecular formula is C37H51FN6O4. The molecule has 2 heterocycles. The Bertz CT molecular complexity index is 1490. The van der Waals surface area contributed by atoms with Crippen LogP contribution in [0, 0.1) is 23.6 Å². The van der Waals surface area contributed by atoms with Gasteiger partial charge in [-0.1, -0.05) is 77.5 Å². The minimum absolute atomic E-state index is 0.0420. The fraction of sp³-hybridized carbons (Fsp3) is 0.595. The highest BCUT2D eigenvalue weighted by atomic mass is 19.1. The van der Waals surface area contributed by atoms with Gasteiger partial charge >= 0.3 is 5.97 Å². The van der Waals surface area contributed by atoms with Gasteiger partial charge in [0.05, 0.1) is 11.9 Å². The minimum Gasteiger partial charge on any atom is -0.480 e. The van der Waals surface area contributed by atoms with Gasteiger partial charge in [-0.3, -0.25) is 9.59 Å². The molecule has 0 radical (unpaired) electrons.